The van der Waals surface area contributed by atoms with Crippen LogP contribution in [-0.2, 0) is 9.59 Å². The monoisotopic (exact) mass is 281 g/mol. The Bertz CT molecular complexity index is 405. The molecule has 4 heteroatoms. The lowest BCUT2D eigenvalue weighted by Gasteiger charge is -2.47. The number of carbonyl (C=O) groups excluding carboxylic acids is 1. The highest BCUT2D eigenvalue weighted by atomic mass is 16.4. The van der Waals surface area contributed by atoms with Crippen LogP contribution in [0.4, 0.5) is 0 Å². The quantitative estimate of drug-likeness (QED) is 0.846. The van der Waals surface area contributed by atoms with Gasteiger partial charge in [-0.2, -0.15) is 0 Å². The van der Waals surface area contributed by atoms with Gasteiger partial charge in [0, 0.05) is 12.5 Å². The SMILES string of the molecule is CC1(C)CCCCC1C(=O)N1CCCCC1(C)C(=O)O. The van der Waals surface area contributed by atoms with Crippen LogP contribution in [0.2, 0.25) is 0 Å². The number of piperidine rings is 1. The molecule has 2 fully saturated rings. The van der Waals surface area contributed by atoms with Gasteiger partial charge in [-0.25, -0.2) is 4.79 Å². The van der Waals surface area contributed by atoms with E-state index in [1.54, 1.807) is 11.8 Å². The Morgan fingerprint density at radius 3 is 2.30 bits per heavy atom. The molecule has 2 atom stereocenters. The predicted molar refractivity (Wildman–Crippen MR) is 77.3 cm³/mol. The summed E-state index contributed by atoms with van der Waals surface area (Å²) >= 11 is 0. The number of carboxylic acids is 1. The Morgan fingerprint density at radius 1 is 1.05 bits per heavy atom. The first-order valence-electron chi connectivity index (χ1n) is 7.84. The lowest BCUT2D eigenvalue weighted by molar-refractivity contribution is -0.165. The first-order chi connectivity index (χ1) is 9.29. The number of carboxylic acid groups (broad SMARTS) is 1. The van der Waals surface area contributed by atoms with Gasteiger partial charge in [-0.1, -0.05) is 26.7 Å². The number of rotatable bonds is 2. The maximum Gasteiger partial charge on any atom is 0.329 e. The van der Waals surface area contributed by atoms with Gasteiger partial charge in [0.1, 0.15) is 5.54 Å². The van der Waals surface area contributed by atoms with Gasteiger partial charge in [-0.15, -0.1) is 0 Å². The van der Waals surface area contributed by atoms with Crippen molar-refractivity contribution in [3.05, 3.63) is 0 Å². The summed E-state index contributed by atoms with van der Waals surface area (Å²) in [7, 11) is 0. The third-order valence-electron chi connectivity index (χ3n) is 5.42. The molecule has 0 bridgehead atoms. The van der Waals surface area contributed by atoms with E-state index in [1.807, 2.05) is 0 Å². The Kier molecular flexibility index (Phi) is 4.12. The molecule has 0 spiro atoms. The van der Waals surface area contributed by atoms with Crippen LogP contribution in [0, 0.1) is 11.3 Å². The predicted octanol–water partition coefficient (Wildman–Crippen LogP) is 3.06. The molecule has 2 rings (SSSR count). The fourth-order valence-corrected chi connectivity index (χ4v) is 3.84. The second-order valence-electron chi connectivity index (χ2n) is 7.31. The molecule has 0 radical (unpaired) electrons. The summed E-state index contributed by atoms with van der Waals surface area (Å²) in [4.78, 5) is 26.3. The van der Waals surface area contributed by atoms with E-state index < -0.39 is 11.5 Å². The third kappa shape index (κ3) is 2.57. The first-order valence-corrected chi connectivity index (χ1v) is 7.84. The summed E-state index contributed by atoms with van der Waals surface area (Å²) in [6.07, 6.45) is 6.59. The van der Waals surface area contributed by atoms with Crippen molar-refractivity contribution < 1.29 is 14.7 Å². The molecule has 0 aromatic rings. The molecule has 1 aliphatic heterocycles. The number of hydrogen-bond donors (Lipinski definition) is 1. The Hall–Kier alpha value is -1.06. The standard InChI is InChI=1S/C16H27NO3/c1-15(2)9-5-4-8-12(15)13(18)17-11-7-6-10-16(17,3)14(19)20/h12H,4-11H2,1-3H3,(H,19,20). The van der Waals surface area contributed by atoms with Gasteiger partial charge in [0.15, 0.2) is 0 Å². The molecular weight excluding hydrogens is 254 g/mol. The molecule has 0 aromatic carbocycles. The lowest BCUT2D eigenvalue weighted by atomic mass is 9.67. The van der Waals surface area contributed by atoms with Crippen molar-refractivity contribution in [1.82, 2.24) is 4.90 Å². The van der Waals surface area contributed by atoms with E-state index in [4.69, 9.17) is 0 Å². The van der Waals surface area contributed by atoms with Gasteiger partial charge in [0.05, 0.1) is 0 Å². The molecule has 1 amide bonds. The summed E-state index contributed by atoms with van der Waals surface area (Å²) in [5, 5.41) is 9.55. The van der Waals surface area contributed by atoms with Crippen molar-refractivity contribution >= 4 is 11.9 Å². The maximum atomic E-state index is 13.0. The van der Waals surface area contributed by atoms with E-state index in [1.165, 1.54) is 6.42 Å². The smallest absolute Gasteiger partial charge is 0.329 e. The maximum absolute atomic E-state index is 13.0. The third-order valence-corrected chi connectivity index (χ3v) is 5.42. The molecule has 2 unspecified atom stereocenters. The van der Waals surface area contributed by atoms with E-state index in [2.05, 4.69) is 13.8 Å². The summed E-state index contributed by atoms with van der Waals surface area (Å²) in [6, 6.07) is 0. The molecule has 20 heavy (non-hydrogen) atoms. The molecule has 1 saturated heterocycles. The van der Waals surface area contributed by atoms with Crippen LogP contribution in [0.5, 0.6) is 0 Å². The number of carbonyl (C=O) groups is 2. The highest BCUT2D eigenvalue weighted by Gasteiger charge is 2.48. The van der Waals surface area contributed by atoms with E-state index in [0.29, 0.717) is 13.0 Å². The van der Waals surface area contributed by atoms with E-state index in [-0.39, 0.29) is 17.2 Å². The molecule has 2 aliphatic rings. The Balaban J connectivity index is 2.24. The highest BCUT2D eigenvalue weighted by molar-refractivity contribution is 5.88. The molecule has 0 aromatic heterocycles. The molecule has 1 saturated carbocycles. The van der Waals surface area contributed by atoms with E-state index >= 15 is 0 Å². The van der Waals surface area contributed by atoms with Crippen LogP contribution in [0.15, 0.2) is 0 Å². The average molecular weight is 281 g/mol. The average Bonchev–Trinajstić information content (AvgIpc) is 2.38. The zero-order valence-corrected chi connectivity index (χ0v) is 12.9. The normalized spacial score (nSPS) is 33.8. The van der Waals surface area contributed by atoms with Crippen LogP contribution in [0.1, 0.15) is 65.7 Å². The van der Waals surface area contributed by atoms with Crippen molar-refractivity contribution in [3.8, 4) is 0 Å². The van der Waals surface area contributed by atoms with Crippen LogP contribution in [0.25, 0.3) is 0 Å². The van der Waals surface area contributed by atoms with Gasteiger partial charge in [-0.05, 0) is 44.4 Å². The van der Waals surface area contributed by atoms with Gasteiger partial charge >= 0.3 is 5.97 Å². The van der Waals surface area contributed by atoms with Gasteiger partial charge in [0.2, 0.25) is 5.91 Å². The minimum Gasteiger partial charge on any atom is -0.480 e. The van der Waals surface area contributed by atoms with Crippen molar-refractivity contribution in [2.24, 2.45) is 11.3 Å². The number of aliphatic carboxylic acids is 1. The van der Waals surface area contributed by atoms with E-state index in [0.717, 1.165) is 32.1 Å². The lowest BCUT2D eigenvalue weighted by Crippen LogP contribution is -2.60. The molecule has 114 valence electrons. The number of likely N-dealkylation sites (tertiary alicyclic amines) is 1. The van der Waals surface area contributed by atoms with Crippen molar-refractivity contribution in [2.75, 3.05) is 6.54 Å². The van der Waals surface area contributed by atoms with Gasteiger partial charge in [-0.3, -0.25) is 4.79 Å². The van der Waals surface area contributed by atoms with Gasteiger partial charge in [0.25, 0.3) is 0 Å². The fraction of sp³-hybridized carbons (Fsp3) is 0.875. The second kappa shape index (κ2) is 5.38. The summed E-state index contributed by atoms with van der Waals surface area (Å²) in [5.41, 5.74) is -1.02. The van der Waals surface area contributed by atoms with Crippen LogP contribution < -0.4 is 0 Å². The topological polar surface area (TPSA) is 57.6 Å². The molecule has 4 nitrogen and oxygen atoms in total. The van der Waals surface area contributed by atoms with Crippen molar-refractivity contribution in [2.45, 2.75) is 71.3 Å². The number of hydrogen-bond acceptors (Lipinski definition) is 2. The number of amides is 1. The molecular formula is C16H27NO3. The zero-order chi connectivity index (χ0) is 15.0. The van der Waals surface area contributed by atoms with Crippen LogP contribution >= 0.6 is 0 Å². The summed E-state index contributed by atoms with van der Waals surface area (Å²) < 4.78 is 0. The molecule has 1 N–H and O–H groups in total. The Morgan fingerprint density at radius 2 is 1.70 bits per heavy atom. The first kappa shape index (κ1) is 15.3. The minimum atomic E-state index is -1.01. The van der Waals surface area contributed by atoms with E-state index in [9.17, 15) is 14.7 Å². The second-order valence-corrected chi connectivity index (χ2v) is 7.31. The Labute approximate surface area is 121 Å². The molecule has 1 aliphatic carbocycles. The van der Waals surface area contributed by atoms with Crippen LogP contribution in [0.3, 0.4) is 0 Å². The largest absolute Gasteiger partial charge is 0.480 e. The highest BCUT2D eigenvalue weighted by Crippen LogP contribution is 2.43. The van der Waals surface area contributed by atoms with Gasteiger partial charge < -0.3 is 10.0 Å². The fourth-order valence-electron chi connectivity index (χ4n) is 3.84. The molecule has 1 heterocycles. The van der Waals surface area contributed by atoms with Crippen LogP contribution in [-0.4, -0.2) is 34.0 Å². The number of nitrogens with zero attached hydrogens (tertiary/aromatic N) is 1. The summed E-state index contributed by atoms with van der Waals surface area (Å²) in [6.45, 7) is 6.60. The summed E-state index contributed by atoms with van der Waals surface area (Å²) in [5.74, 6) is -0.813. The minimum absolute atomic E-state index is 0.00774. The van der Waals surface area contributed by atoms with Crippen molar-refractivity contribution in [1.29, 1.82) is 0 Å². The zero-order valence-electron chi connectivity index (χ0n) is 12.9. The van der Waals surface area contributed by atoms with Crippen molar-refractivity contribution in [3.63, 3.8) is 0 Å².